The minimum absolute atomic E-state index is 0. The van der Waals surface area contributed by atoms with Crippen molar-refractivity contribution in [3.05, 3.63) is 29.8 Å². The minimum atomic E-state index is -0.115. The topological polar surface area (TPSA) is 67.6 Å². The number of carbonyl (C=O) groups excluding carboxylic acids is 1. The number of nitrogens with zero attached hydrogens (tertiary/aromatic N) is 1. The van der Waals surface area contributed by atoms with E-state index in [1.54, 1.807) is 24.3 Å². The number of ether oxygens (including phenoxy) is 1. The van der Waals surface area contributed by atoms with Crippen LogP contribution in [0.25, 0.3) is 0 Å². The van der Waals surface area contributed by atoms with E-state index in [1.165, 1.54) is 0 Å². The summed E-state index contributed by atoms with van der Waals surface area (Å²) in [7, 11) is 0. The molecule has 1 fully saturated rings. The number of anilines is 1. The maximum atomic E-state index is 12.2. The van der Waals surface area contributed by atoms with Gasteiger partial charge in [0.15, 0.2) is 0 Å². The van der Waals surface area contributed by atoms with E-state index in [2.05, 4.69) is 37.9 Å². The van der Waals surface area contributed by atoms with Gasteiger partial charge in [-0.05, 0) is 52.0 Å². The zero-order valence-corrected chi connectivity index (χ0v) is 15.2. The minimum Gasteiger partial charge on any atom is -0.399 e. The average molecular weight is 342 g/mol. The first-order chi connectivity index (χ1) is 10.3. The molecule has 6 heteroatoms. The lowest BCUT2D eigenvalue weighted by Crippen LogP contribution is -2.58. The number of rotatable bonds is 4. The van der Waals surface area contributed by atoms with Gasteiger partial charge in [0.1, 0.15) is 0 Å². The summed E-state index contributed by atoms with van der Waals surface area (Å²) in [5, 5.41) is 3.02. The zero-order valence-electron chi connectivity index (χ0n) is 14.3. The molecule has 2 unspecified atom stereocenters. The summed E-state index contributed by atoms with van der Waals surface area (Å²) < 4.78 is 5.78. The fraction of sp³-hybridized carbons (Fsp3) is 0.588. The Labute approximate surface area is 145 Å². The van der Waals surface area contributed by atoms with Crippen molar-refractivity contribution in [2.24, 2.45) is 0 Å². The molecule has 1 saturated heterocycles. The molecule has 0 aliphatic carbocycles. The first-order valence-corrected chi connectivity index (χ1v) is 7.82. The molecule has 1 aliphatic heterocycles. The Morgan fingerprint density at radius 1 is 1.26 bits per heavy atom. The molecule has 0 bridgehead atoms. The van der Waals surface area contributed by atoms with Crippen LogP contribution in [0.5, 0.6) is 0 Å². The highest BCUT2D eigenvalue weighted by atomic mass is 35.5. The third-order valence-electron chi connectivity index (χ3n) is 4.13. The van der Waals surface area contributed by atoms with Crippen molar-refractivity contribution in [2.75, 3.05) is 25.4 Å². The van der Waals surface area contributed by atoms with Crippen LogP contribution in [-0.4, -0.2) is 48.2 Å². The van der Waals surface area contributed by atoms with E-state index in [9.17, 15) is 4.79 Å². The molecule has 1 aromatic carbocycles. The van der Waals surface area contributed by atoms with Crippen molar-refractivity contribution in [3.8, 4) is 0 Å². The monoisotopic (exact) mass is 341 g/mol. The van der Waals surface area contributed by atoms with Crippen molar-refractivity contribution in [2.45, 2.75) is 45.4 Å². The van der Waals surface area contributed by atoms with E-state index in [1.807, 2.05) is 0 Å². The Morgan fingerprint density at radius 2 is 1.78 bits per heavy atom. The highest BCUT2D eigenvalue weighted by Crippen LogP contribution is 2.20. The first kappa shape index (κ1) is 19.7. The van der Waals surface area contributed by atoms with Gasteiger partial charge in [-0.2, -0.15) is 0 Å². The summed E-state index contributed by atoms with van der Waals surface area (Å²) in [6, 6.07) is 6.98. The number of carbonyl (C=O) groups is 1. The van der Waals surface area contributed by atoms with Gasteiger partial charge in [-0.15, -0.1) is 12.4 Å². The number of nitrogens with one attached hydrogen (secondary N) is 1. The van der Waals surface area contributed by atoms with Crippen LogP contribution < -0.4 is 11.1 Å². The van der Waals surface area contributed by atoms with E-state index in [0.29, 0.717) is 17.8 Å². The Balaban J connectivity index is 0.00000264. The molecule has 1 heterocycles. The van der Waals surface area contributed by atoms with Crippen molar-refractivity contribution in [1.29, 1.82) is 0 Å². The number of nitrogen functional groups attached to an aromatic ring is 1. The van der Waals surface area contributed by atoms with Crippen LogP contribution in [-0.2, 0) is 4.74 Å². The third-order valence-corrected chi connectivity index (χ3v) is 4.13. The largest absolute Gasteiger partial charge is 0.399 e. The number of benzene rings is 1. The van der Waals surface area contributed by atoms with Crippen molar-refractivity contribution in [3.63, 3.8) is 0 Å². The number of amides is 1. The van der Waals surface area contributed by atoms with E-state index < -0.39 is 0 Å². The second kappa shape index (κ2) is 7.99. The molecule has 0 saturated carbocycles. The lowest BCUT2D eigenvalue weighted by Gasteiger charge is -2.45. The van der Waals surface area contributed by atoms with Crippen LogP contribution in [0.2, 0.25) is 0 Å². The van der Waals surface area contributed by atoms with Gasteiger partial charge < -0.3 is 15.8 Å². The van der Waals surface area contributed by atoms with E-state index in [4.69, 9.17) is 10.5 Å². The quantitative estimate of drug-likeness (QED) is 0.825. The maximum Gasteiger partial charge on any atom is 0.251 e. The molecular formula is C17H28ClN3O2. The Morgan fingerprint density at radius 3 is 2.30 bits per heavy atom. The molecule has 23 heavy (non-hydrogen) atoms. The van der Waals surface area contributed by atoms with Gasteiger partial charge in [0, 0.05) is 36.4 Å². The van der Waals surface area contributed by atoms with E-state index in [0.717, 1.165) is 13.1 Å². The van der Waals surface area contributed by atoms with Gasteiger partial charge in [0.25, 0.3) is 5.91 Å². The standard InChI is InChI=1S/C17H27N3O2.ClH/c1-12-9-20(10-13(2)22-12)17(3,4)11-19-16(21)14-5-7-15(18)8-6-14;/h5-8,12-13H,9-11,18H2,1-4H3,(H,19,21);1H. The highest BCUT2D eigenvalue weighted by molar-refractivity contribution is 5.94. The third kappa shape index (κ3) is 5.37. The molecule has 2 rings (SSSR count). The maximum absolute atomic E-state index is 12.2. The van der Waals surface area contributed by atoms with Crippen molar-refractivity contribution in [1.82, 2.24) is 10.2 Å². The second-order valence-electron chi connectivity index (χ2n) is 6.78. The summed E-state index contributed by atoms with van der Waals surface area (Å²) in [5.41, 5.74) is 6.82. The molecule has 130 valence electrons. The summed E-state index contributed by atoms with van der Waals surface area (Å²) in [6.07, 6.45) is 0.437. The summed E-state index contributed by atoms with van der Waals surface area (Å²) >= 11 is 0. The Kier molecular flexibility index (Phi) is 6.86. The van der Waals surface area contributed by atoms with Gasteiger partial charge in [-0.25, -0.2) is 0 Å². The van der Waals surface area contributed by atoms with Crippen LogP contribution in [0.1, 0.15) is 38.1 Å². The first-order valence-electron chi connectivity index (χ1n) is 7.82. The molecule has 3 N–H and O–H groups in total. The summed E-state index contributed by atoms with van der Waals surface area (Å²) in [6.45, 7) is 10.8. The molecule has 5 nitrogen and oxygen atoms in total. The number of halogens is 1. The Bertz CT molecular complexity index is 509. The van der Waals surface area contributed by atoms with E-state index in [-0.39, 0.29) is 36.1 Å². The lowest BCUT2D eigenvalue weighted by molar-refractivity contribution is -0.0948. The normalized spacial score (nSPS) is 22.3. The fourth-order valence-electron chi connectivity index (χ4n) is 2.82. The second-order valence-corrected chi connectivity index (χ2v) is 6.78. The molecule has 0 radical (unpaired) electrons. The van der Waals surface area contributed by atoms with Gasteiger partial charge in [0.2, 0.25) is 0 Å². The van der Waals surface area contributed by atoms with Crippen LogP contribution >= 0.6 is 12.4 Å². The molecule has 0 aromatic heterocycles. The predicted octanol–water partition coefficient (Wildman–Crippen LogP) is 2.31. The highest BCUT2D eigenvalue weighted by Gasteiger charge is 2.33. The zero-order chi connectivity index (χ0) is 16.3. The van der Waals surface area contributed by atoms with Crippen LogP contribution in [0.3, 0.4) is 0 Å². The van der Waals surface area contributed by atoms with Gasteiger partial charge in [-0.3, -0.25) is 9.69 Å². The molecule has 1 aliphatic rings. The predicted molar refractivity (Wildman–Crippen MR) is 96.1 cm³/mol. The number of morpholine rings is 1. The number of nitrogens with two attached hydrogens (primary N) is 1. The summed E-state index contributed by atoms with van der Waals surface area (Å²) in [4.78, 5) is 14.6. The van der Waals surface area contributed by atoms with Gasteiger partial charge >= 0.3 is 0 Å². The van der Waals surface area contributed by atoms with E-state index >= 15 is 0 Å². The Hall–Kier alpha value is -1.30. The SMILES string of the molecule is CC1CN(C(C)(C)CNC(=O)c2ccc(N)cc2)CC(C)O1.Cl. The molecular weight excluding hydrogens is 314 g/mol. The van der Waals surface area contributed by atoms with Crippen LogP contribution in [0.4, 0.5) is 5.69 Å². The molecule has 0 spiro atoms. The smallest absolute Gasteiger partial charge is 0.251 e. The lowest BCUT2D eigenvalue weighted by atomic mass is 10.00. The summed E-state index contributed by atoms with van der Waals surface area (Å²) in [5.74, 6) is -0.0672. The average Bonchev–Trinajstić information content (AvgIpc) is 2.44. The number of hydrogen-bond donors (Lipinski definition) is 2. The van der Waals surface area contributed by atoms with Crippen molar-refractivity contribution < 1.29 is 9.53 Å². The number of hydrogen-bond acceptors (Lipinski definition) is 4. The molecule has 1 aromatic rings. The van der Waals surface area contributed by atoms with Gasteiger partial charge in [-0.1, -0.05) is 0 Å². The van der Waals surface area contributed by atoms with Gasteiger partial charge in [0.05, 0.1) is 12.2 Å². The van der Waals surface area contributed by atoms with Crippen LogP contribution in [0, 0.1) is 0 Å². The van der Waals surface area contributed by atoms with Crippen LogP contribution in [0.15, 0.2) is 24.3 Å². The molecule has 2 atom stereocenters. The van der Waals surface area contributed by atoms with Crippen molar-refractivity contribution >= 4 is 24.0 Å². The molecule has 1 amide bonds. The fourth-order valence-corrected chi connectivity index (χ4v) is 2.82.